The third-order valence-electron chi connectivity index (χ3n) is 7.09. The molecule has 0 bridgehead atoms. The number of H-pyrrole nitrogens is 1. The number of alkyl halides is 3. The van der Waals surface area contributed by atoms with Crippen molar-refractivity contribution in [2.24, 2.45) is 5.41 Å². The van der Waals surface area contributed by atoms with Crippen LogP contribution in [0.2, 0.25) is 0 Å². The lowest BCUT2D eigenvalue weighted by Crippen LogP contribution is -2.67. The molecule has 3 aliphatic rings. The number of nitrogens with one attached hydrogen (secondary N) is 4. The number of hydrogen-bond donors (Lipinski definition) is 4. The van der Waals surface area contributed by atoms with Gasteiger partial charge in [0, 0.05) is 61.0 Å². The number of aromatic amines is 1. The van der Waals surface area contributed by atoms with Crippen molar-refractivity contribution >= 4 is 17.0 Å². The zero-order chi connectivity index (χ0) is 22.6. The van der Waals surface area contributed by atoms with E-state index in [0.29, 0.717) is 29.7 Å². The second kappa shape index (κ2) is 7.64. The van der Waals surface area contributed by atoms with Gasteiger partial charge >= 0.3 is 6.18 Å². The maximum atomic E-state index is 13.8. The van der Waals surface area contributed by atoms with Crippen LogP contribution in [0.3, 0.4) is 0 Å². The number of pyridine rings is 1. The van der Waals surface area contributed by atoms with Crippen LogP contribution in [0.15, 0.2) is 24.5 Å². The Morgan fingerprint density at radius 3 is 2.70 bits per heavy atom. The predicted octanol–water partition coefficient (Wildman–Crippen LogP) is 2.86. The predicted molar refractivity (Wildman–Crippen MR) is 116 cm³/mol. The summed E-state index contributed by atoms with van der Waals surface area (Å²) < 4.78 is 47.3. The zero-order valence-corrected chi connectivity index (χ0v) is 17.8. The van der Waals surface area contributed by atoms with Gasteiger partial charge in [0.05, 0.1) is 18.0 Å². The van der Waals surface area contributed by atoms with E-state index in [1.54, 1.807) is 12.1 Å². The molecule has 0 aromatic carbocycles. The molecule has 2 unspecified atom stereocenters. The summed E-state index contributed by atoms with van der Waals surface area (Å²) in [6.45, 7) is 3.84. The Bertz CT molecular complexity index is 1180. The Morgan fingerprint density at radius 2 is 2.03 bits per heavy atom. The Kier molecular flexibility index (Phi) is 4.82. The Morgan fingerprint density at radius 1 is 1.15 bits per heavy atom. The molecule has 5 heterocycles. The van der Waals surface area contributed by atoms with Crippen molar-refractivity contribution in [3.8, 4) is 11.3 Å². The van der Waals surface area contributed by atoms with Gasteiger partial charge in [-0.3, -0.25) is 0 Å². The minimum Gasteiger partial charge on any atom is -0.369 e. The van der Waals surface area contributed by atoms with Gasteiger partial charge in [0.15, 0.2) is 0 Å². The molecule has 3 aromatic heterocycles. The van der Waals surface area contributed by atoms with E-state index in [2.05, 4.69) is 35.9 Å². The van der Waals surface area contributed by atoms with Crippen LogP contribution in [0.5, 0.6) is 0 Å². The number of morpholine rings is 1. The fourth-order valence-electron chi connectivity index (χ4n) is 4.96. The van der Waals surface area contributed by atoms with Crippen molar-refractivity contribution in [2.45, 2.75) is 31.2 Å². The molecule has 4 N–H and O–H groups in total. The zero-order valence-electron chi connectivity index (χ0n) is 17.8. The molecule has 33 heavy (non-hydrogen) atoms. The first kappa shape index (κ1) is 20.8. The number of ether oxygens (including phenoxy) is 1. The molecule has 0 amide bonds. The van der Waals surface area contributed by atoms with Gasteiger partial charge in [0.25, 0.3) is 0 Å². The number of halogens is 3. The maximum Gasteiger partial charge on any atom is 0.419 e. The van der Waals surface area contributed by atoms with Crippen LogP contribution in [0.1, 0.15) is 30.2 Å². The van der Waals surface area contributed by atoms with Crippen molar-refractivity contribution in [1.29, 1.82) is 0 Å². The van der Waals surface area contributed by atoms with Crippen molar-refractivity contribution in [1.82, 2.24) is 30.6 Å². The molecule has 1 spiro atoms. The fraction of sp³-hybridized carbons (Fsp3) is 0.500. The molecular formula is C22H24F3N7O. The van der Waals surface area contributed by atoms with Gasteiger partial charge < -0.3 is 25.7 Å². The van der Waals surface area contributed by atoms with E-state index in [4.69, 9.17) is 4.74 Å². The summed E-state index contributed by atoms with van der Waals surface area (Å²) in [4.78, 5) is 16.0. The highest BCUT2D eigenvalue weighted by molar-refractivity contribution is 5.93. The van der Waals surface area contributed by atoms with E-state index < -0.39 is 11.7 Å². The van der Waals surface area contributed by atoms with Crippen LogP contribution >= 0.6 is 0 Å². The summed E-state index contributed by atoms with van der Waals surface area (Å²) in [5.74, 6) is 0.217. The summed E-state index contributed by atoms with van der Waals surface area (Å²) in [6, 6.07) is 3.74. The number of hydrogen-bond acceptors (Lipinski definition) is 7. The smallest absolute Gasteiger partial charge is 0.369 e. The number of nitrogens with zero attached hydrogens (tertiary/aromatic N) is 3. The SMILES string of the molecule is FC(F)(F)c1cnc(NC2CCC23CNC3)nc1-c1c[nH]c2nc(C3CNCCO3)ccc12. The quantitative estimate of drug-likeness (QED) is 0.476. The topological polar surface area (TPSA) is 99.8 Å². The maximum absolute atomic E-state index is 13.8. The van der Waals surface area contributed by atoms with E-state index in [9.17, 15) is 13.2 Å². The van der Waals surface area contributed by atoms with Crippen LogP contribution in [0.25, 0.3) is 22.3 Å². The Balaban J connectivity index is 1.36. The lowest BCUT2D eigenvalue weighted by Gasteiger charge is -2.56. The van der Waals surface area contributed by atoms with E-state index in [1.807, 2.05) is 0 Å². The van der Waals surface area contributed by atoms with Gasteiger partial charge in [0.1, 0.15) is 17.3 Å². The highest BCUT2D eigenvalue weighted by Crippen LogP contribution is 2.46. The molecule has 1 saturated carbocycles. The molecule has 8 nitrogen and oxygen atoms in total. The first-order valence-corrected chi connectivity index (χ1v) is 11.2. The molecule has 2 aliphatic heterocycles. The molecule has 11 heteroatoms. The van der Waals surface area contributed by atoms with Gasteiger partial charge in [-0.25, -0.2) is 15.0 Å². The van der Waals surface area contributed by atoms with E-state index in [1.165, 1.54) is 6.20 Å². The third kappa shape index (κ3) is 3.54. The largest absolute Gasteiger partial charge is 0.419 e. The summed E-state index contributed by atoms with van der Waals surface area (Å²) in [5, 5.41) is 10.4. The molecule has 2 atom stereocenters. The molecule has 1 aliphatic carbocycles. The van der Waals surface area contributed by atoms with Gasteiger partial charge in [-0.15, -0.1) is 0 Å². The molecule has 0 radical (unpaired) electrons. The first-order valence-electron chi connectivity index (χ1n) is 11.2. The lowest BCUT2D eigenvalue weighted by molar-refractivity contribution is -0.137. The molecule has 2 saturated heterocycles. The van der Waals surface area contributed by atoms with Crippen molar-refractivity contribution in [2.75, 3.05) is 38.1 Å². The summed E-state index contributed by atoms with van der Waals surface area (Å²) in [7, 11) is 0. The van der Waals surface area contributed by atoms with Crippen LogP contribution in [-0.2, 0) is 10.9 Å². The Hall–Kier alpha value is -2.76. The van der Waals surface area contributed by atoms with Crippen LogP contribution in [0, 0.1) is 5.41 Å². The van der Waals surface area contributed by atoms with E-state index in [0.717, 1.165) is 44.4 Å². The van der Waals surface area contributed by atoms with Gasteiger partial charge in [-0.1, -0.05) is 0 Å². The van der Waals surface area contributed by atoms with E-state index in [-0.39, 0.29) is 29.2 Å². The van der Waals surface area contributed by atoms with Gasteiger partial charge in [-0.05, 0) is 25.0 Å². The summed E-state index contributed by atoms with van der Waals surface area (Å²) in [5.41, 5.74) is 0.717. The van der Waals surface area contributed by atoms with Crippen LogP contribution in [0.4, 0.5) is 19.1 Å². The molecule has 174 valence electrons. The standard InChI is InChI=1S/C22H24F3N7O/c23-22(24,25)14-8-29-20(31-17-3-4-21(17)10-27-11-21)32-18(14)13-7-28-19-12(13)1-2-15(30-19)16-9-26-5-6-33-16/h1-2,7-8,16-17,26-27H,3-6,9-11H2,(H,28,30)(H,29,31,32). The van der Waals surface area contributed by atoms with Crippen molar-refractivity contribution in [3.63, 3.8) is 0 Å². The van der Waals surface area contributed by atoms with Crippen molar-refractivity contribution < 1.29 is 17.9 Å². The number of anilines is 1. The fourth-order valence-corrected chi connectivity index (χ4v) is 4.96. The average molecular weight is 459 g/mol. The number of rotatable bonds is 4. The highest BCUT2D eigenvalue weighted by Gasteiger charge is 2.51. The monoisotopic (exact) mass is 459 g/mol. The second-order valence-electron chi connectivity index (χ2n) is 9.05. The highest BCUT2D eigenvalue weighted by atomic mass is 19.4. The van der Waals surface area contributed by atoms with Crippen molar-refractivity contribution in [3.05, 3.63) is 35.8 Å². The average Bonchev–Trinajstić information content (AvgIpc) is 3.19. The minimum atomic E-state index is -4.58. The summed E-state index contributed by atoms with van der Waals surface area (Å²) in [6.07, 6.45) is -0.310. The van der Waals surface area contributed by atoms with Crippen LogP contribution < -0.4 is 16.0 Å². The molecule has 3 aromatic rings. The normalized spacial score (nSPS) is 24.5. The lowest BCUT2D eigenvalue weighted by atomic mass is 9.60. The van der Waals surface area contributed by atoms with Gasteiger partial charge in [0.2, 0.25) is 5.95 Å². The minimum absolute atomic E-state index is 0.156. The summed E-state index contributed by atoms with van der Waals surface area (Å²) >= 11 is 0. The molecule has 6 rings (SSSR count). The van der Waals surface area contributed by atoms with Crippen LogP contribution in [-0.4, -0.2) is 58.8 Å². The second-order valence-corrected chi connectivity index (χ2v) is 9.05. The third-order valence-corrected chi connectivity index (χ3v) is 7.09. The Labute approximate surface area is 187 Å². The first-order chi connectivity index (χ1) is 15.9. The molecular weight excluding hydrogens is 435 g/mol. The molecule has 3 fully saturated rings. The number of fused-ring (bicyclic) bond motifs is 1. The van der Waals surface area contributed by atoms with E-state index >= 15 is 0 Å². The van der Waals surface area contributed by atoms with Gasteiger partial charge in [-0.2, -0.15) is 13.2 Å². The number of aromatic nitrogens is 4.